The standard InChI is InChI=1S/C12H18N4O4S/c1-15-6-2-3-9(15)8-14-21(19,20)10-4-5-12(16(17)18)11(13)7-10/h4-5,7,9,14H,2-3,6,8,13H2,1H3. The number of rotatable bonds is 5. The summed E-state index contributed by atoms with van der Waals surface area (Å²) in [6.07, 6.45) is 1.99. The third kappa shape index (κ3) is 3.49. The van der Waals surface area contributed by atoms with Crippen molar-refractivity contribution in [3.63, 3.8) is 0 Å². The van der Waals surface area contributed by atoms with Crippen LogP contribution in [0.1, 0.15) is 12.8 Å². The summed E-state index contributed by atoms with van der Waals surface area (Å²) in [5.74, 6) is 0. The molecule has 1 heterocycles. The molecule has 0 amide bonds. The van der Waals surface area contributed by atoms with E-state index in [1.807, 2.05) is 7.05 Å². The van der Waals surface area contributed by atoms with Crippen molar-refractivity contribution in [3.05, 3.63) is 28.3 Å². The van der Waals surface area contributed by atoms with Gasteiger partial charge in [-0.05, 0) is 38.6 Å². The summed E-state index contributed by atoms with van der Waals surface area (Å²) in [6, 6.07) is 3.58. The highest BCUT2D eigenvalue weighted by molar-refractivity contribution is 7.89. The Hall–Kier alpha value is -1.71. The number of hydrogen-bond donors (Lipinski definition) is 2. The lowest BCUT2D eigenvalue weighted by atomic mass is 10.2. The molecule has 0 radical (unpaired) electrons. The number of sulfonamides is 1. The Morgan fingerprint density at radius 1 is 1.52 bits per heavy atom. The topological polar surface area (TPSA) is 119 Å². The van der Waals surface area contributed by atoms with E-state index in [0.29, 0.717) is 6.54 Å². The fourth-order valence-electron chi connectivity index (χ4n) is 2.39. The van der Waals surface area contributed by atoms with Crippen LogP contribution in [-0.4, -0.2) is 44.4 Å². The van der Waals surface area contributed by atoms with Crippen molar-refractivity contribution in [1.29, 1.82) is 0 Å². The summed E-state index contributed by atoms with van der Waals surface area (Å²) >= 11 is 0. The Kier molecular flexibility index (Phi) is 4.45. The quantitative estimate of drug-likeness (QED) is 0.465. The highest BCUT2D eigenvalue weighted by atomic mass is 32.2. The number of benzene rings is 1. The van der Waals surface area contributed by atoms with Gasteiger partial charge in [-0.15, -0.1) is 0 Å². The molecule has 1 atom stereocenters. The zero-order valence-corrected chi connectivity index (χ0v) is 12.5. The van der Waals surface area contributed by atoms with Crippen LogP contribution in [0, 0.1) is 10.1 Å². The van der Waals surface area contributed by atoms with E-state index >= 15 is 0 Å². The average molecular weight is 314 g/mol. The van der Waals surface area contributed by atoms with Crippen LogP contribution >= 0.6 is 0 Å². The van der Waals surface area contributed by atoms with Crippen LogP contribution in [-0.2, 0) is 10.0 Å². The minimum Gasteiger partial charge on any atom is -0.393 e. The van der Waals surface area contributed by atoms with Crippen molar-refractivity contribution in [2.75, 3.05) is 25.9 Å². The van der Waals surface area contributed by atoms with Crippen molar-refractivity contribution >= 4 is 21.4 Å². The van der Waals surface area contributed by atoms with Crippen LogP contribution in [0.15, 0.2) is 23.1 Å². The maximum Gasteiger partial charge on any atom is 0.292 e. The maximum atomic E-state index is 12.2. The first-order chi connectivity index (χ1) is 9.81. The molecule has 0 aromatic heterocycles. The minimum atomic E-state index is -3.72. The number of hydrogen-bond acceptors (Lipinski definition) is 6. The van der Waals surface area contributed by atoms with Crippen LogP contribution in [0.3, 0.4) is 0 Å². The van der Waals surface area contributed by atoms with Gasteiger partial charge in [0.25, 0.3) is 5.69 Å². The van der Waals surface area contributed by atoms with Gasteiger partial charge in [-0.1, -0.05) is 0 Å². The molecule has 1 aromatic carbocycles. The van der Waals surface area contributed by atoms with Crippen LogP contribution < -0.4 is 10.5 Å². The monoisotopic (exact) mass is 314 g/mol. The second-order valence-corrected chi connectivity index (χ2v) is 6.87. The molecule has 0 bridgehead atoms. The highest BCUT2D eigenvalue weighted by Gasteiger charge is 2.24. The molecule has 1 aliphatic heterocycles. The van der Waals surface area contributed by atoms with Crippen LogP contribution in [0.2, 0.25) is 0 Å². The van der Waals surface area contributed by atoms with Gasteiger partial charge in [0.1, 0.15) is 5.69 Å². The number of nitro groups is 1. The molecule has 3 N–H and O–H groups in total. The average Bonchev–Trinajstić information content (AvgIpc) is 2.81. The Bertz CT molecular complexity index is 647. The number of likely N-dealkylation sites (N-methyl/N-ethyl adjacent to an activating group) is 1. The van der Waals surface area contributed by atoms with Gasteiger partial charge in [-0.3, -0.25) is 10.1 Å². The molecule has 1 aromatic rings. The number of nitrogens with two attached hydrogens (primary N) is 1. The van der Waals surface area contributed by atoms with Gasteiger partial charge in [0.15, 0.2) is 0 Å². The van der Waals surface area contributed by atoms with E-state index in [4.69, 9.17) is 5.73 Å². The smallest absolute Gasteiger partial charge is 0.292 e. The summed E-state index contributed by atoms with van der Waals surface area (Å²) in [4.78, 5) is 12.1. The van der Waals surface area contributed by atoms with Gasteiger partial charge in [-0.25, -0.2) is 13.1 Å². The third-order valence-corrected chi connectivity index (χ3v) is 5.11. The summed E-state index contributed by atoms with van der Waals surface area (Å²) < 4.78 is 26.9. The Balaban J connectivity index is 2.12. The molecule has 21 heavy (non-hydrogen) atoms. The van der Waals surface area contributed by atoms with Gasteiger partial charge in [0.2, 0.25) is 10.0 Å². The number of nitro benzene ring substituents is 1. The van der Waals surface area contributed by atoms with Crippen LogP contribution in [0.5, 0.6) is 0 Å². The van der Waals surface area contributed by atoms with Crippen molar-refractivity contribution in [2.24, 2.45) is 0 Å². The van der Waals surface area contributed by atoms with E-state index in [-0.39, 0.29) is 22.3 Å². The zero-order valence-electron chi connectivity index (χ0n) is 11.7. The van der Waals surface area contributed by atoms with E-state index in [9.17, 15) is 18.5 Å². The fourth-order valence-corrected chi connectivity index (χ4v) is 3.50. The Labute approximate surface area is 123 Å². The predicted octanol–water partition coefficient (Wildman–Crippen LogP) is 0.550. The van der Waals surface area contributed by atoms with Crippen molar-refractivity contribution in [1.82, 2.24) is 9.62 Å². The highest BCUT2D eigenvalue weighted by Crippen LogP contribution is 2.24. The van der Waals surface area contributed by atoms with E-state index in [1.165, 1.54) is 6.07 Å². The van der Waals surface area contributed by atoms with Crippen LogP contribution in [0.4, 0.5) is 11.4 Å². The van der Waals surface area contributed by atoms with Gasteiger partial charge >= 0.3 is 0 Å². The molecule has 1 aliphatic rings. The Morgan fingerprint density at radius 2 is 2.24 bits per heavy atom. The third-order valence-electron chi connectivity index (χ3n) is 3.69. The van der Waals surface area contributed by atoms with Gasteiger partial charge in [-0.2, -0.15) is 0 Å². The van der Waals surface area contributed by atoms with Crippen molar-refractivity contribution in [3.8, 4) is 0 Å². The zero-order chi connectivity index (χ0) is 15.6. The first-order valence-corrected chi connectivity index (χ1v) is 8.03. The largest absolute Gasteiger partial charge is 0.393 e. The lowest BCUT2D eigenvalue weighted by molar-refractivity contribution is -0.383. The number of anilines is 1. The van der Waals surface area contributed by atoms with Gasteiger partial charge in [0.05, 0.1) is 9.82 Å². The molecule has 1 saturated heterocycles. The molecule has 1 unspecified atom stereocenters. The molecule has 1 fully saturated rings. The molecule has 0 aliphatic carbocycles. The summed E-state index contributed by atoms with van der Waals surface area (Å²) in [6.45, 7) is 1.27. The number of likely N-dealkylation sites (tertiary alicyclic amines) is 1. The van der Waals surface area contributed by atoms with E-state index in [0.717, 1.165) is 31.5 Å². The first kappa shape index (κ1) is 15.7. The molecule has 0 spiro atoms. The van der Waals surface area contributed by atoms with E-state index < -0.39 is 14.9 Å². The molecular weight excluding hydrogens is 296 g/mol. The van der Waals surface area contributed by atoms with E-state index in [2.05, 4.69) is 9.62 Å². The number of nitrogens with one attached hydrogen (secondary N) is 1. The number of nitrogen functional groups attached to an aromatic ring is 1. The van der Waals surface area contributed by atoms with Gasteiger partial charge < -0.3 is 10.6 Å². The normalized spacial score (nSPS) is 19.8. The number of nitrogens with zero attached hydrogens (tertiary/aromatic N) is 2. The predicted molar refractivity (Wildman–Crippen MR) is 78.3 cm³/mol. The molecule has 9 heteroatoms. The second kappa shape index (κ2) is 5.96. The van der Waals surface area contributed by atoms with Crippen molar-refractivity contribution < 1.29 is 13.3 Å². The lowest BCUT2D eigenvalue weighted by Crippen LogP contribution is -2.38. The van der Waals surface area contributed by atoms with Gasteiger partial charge in [0, 0.05) is 18.7 Å². The SMILES string of the molecule is CN1CCCC1CNS(=O)(=O)c1ccc([N+](=O)[O-])c(N)c1. The lowest BCUT2D eigenvalue weighted by Gasteiger charge is -2.19. The molecule has 8 nitrogen and oxygen atoms in total. The Morgan fingerprint density at radius 3 is 2.76 bits per heavy atom. The fraction of sp³-hybridized carbons (Fsp3) is 0.500. The van der Waals surface area contributed by atoms with Crippen LogP contribution in [0.25, 0.3) is 0 Å². The summed E-state index contributed by atoms with van der Waals surface area (Å²) in [5.41, 5.74) is 5.05. The summed E-state index contributed by atoms with van der Waals surface area (Å²) in [5, 5.41) is 10.7. The minimum absolute atomic E-state index is 0.0637. The molecule has 0 saturated carbocycles. The molecule has 2 rings (SSSR count). The second-order valence-electron chi connectivity index (χ2n) is 5.11. The van der Waals surface area contributed by atoms with E-state index in [1.54, 1.807) is 0 Å². The molecular formula is C12H18N4O4S. The van der Waals surface area contributed by atoms with Crippen molar-refractivity contribution in [2.45, 2.75) is 23.8 Å². The summed E-state index contributed by atoms with van der Waals surface area (Å²) in [7, 11) is -1.76. The molecule has 116 valence electrons. The maximum absolute atomic E-state index is 12.2. The first-order valence-electron chi connectivity index (χ1n) is 6.55.